The maximum absolute atomic E-state index is 10.9. The fourth-order valence-electron chi connectivity index (χ4n) is 2.01. The Morgan fingerprint density at radius 1 is 0.909 bits per heavy atom. The highest BCUT2D eigenvalue weighted by atomic mass is 16.5. The van der Waals surface area contributed by atoms with E-state index in [0.29, 0.717) is 5.75 Å². The van der Waals surface area contributed by atoms with Crippen molar-refractivity contribution in [2.24, 2.45) is 0 Å². The fraction of sp³-hybridized carbons (Fsp3) is 0.111. The Morgan fingerprint density at radius 2 is 1.45 bits per heavy atom. The molecule has 0 aromatic heterocycles. The lowest BCUT2D eigenvalue weighted by Gasteiger charge is -2.04. The molecule has 2 aromatic carbocycles. The molecule has 0 aliphatic carbocycles. The van der Waals surface area contributed by atoms with E-state index in [-0.39, 0.29) is 11.5 Å². The van der Waals surface area contributed by atoms with Gasteiger partial charge in [0.1, 0.15) is 5.75 Å². The van der Waals surface area contributed by atoms with E-state index in [0.717, 1.165) is 16.7 Å². The molecule has 0 heterocycles. The van der Waals surface area contributed by atoms with Crippen LogP contribution in [0, 0.1) is 0 Å². The normalized spacial score (nSPS) is 11.1. The molecule has 0 aliphatic heterocycles. The van der Waals surface area contributed by atoms with Crippen LogP contribution in [0.2, 0.25) is 0 Å². The second-order valence-electron chi connectivity index (χ2n) is 4.87. The summed E-state index contributed by atoms with van der Waals surface area (Å²) in [7, 11) is 0. The van der Waals surface area contributed by atoms with Crippen LogP contribution in [0.3, 0.4) is 0 Å². The quantitative estimate of drug-likeness (QED) is 0.528. The molecule has 0 unspecified atom stereocenters. The molecular formula is C18H16O4. The molecule has 22 heavy (non-hydrogen) atoms. The summed E-state index contributed by atoms with van der Waals surface area (Å²) < 4.78 is 4.98. The highest BCUT2D eigenvalue weighted by Gasteiger charge is 2.03. The number of ether oxygens (including phenoxy) is 1. The zero-order chi connectivity index (χ0) is 16.1. The molecular weight excluding hydrogens is 280 g/mol. The van der Waals surface area contributed by atoms with Crippen LogP contribution < -0.4 is 4.74 Å². The molecule has 4 nitrogen and oxygen atoms in total. The molecule has 0 aliphatic rings. The van der Waals surface area contributed by atoms with Gasteiger partial charge >= 0.3 is 11.9 Å². The van der Waals surface area contributed by atoms with Crippen LogP contribution in [-0.4, -0.2) is 17.0 Å². The van der Waals surface area contributed by atoms with Crippen molar-refractivity contribution >= 4 is 23.6 Å². The van der Waals surface area contributed by atoms with E-state index in [2.05, 4.69) is 0 Å². The summed E-state index contributed by atoms with van der Waals surface area (Å²) in [6.45, 7) is 3.31. The van der Waals surface area contributed by atoms with Crippen molar-refractivity contribution in [3.8, 4) is 5.75 Å². The van der Waals surface area contributed by atoms with Crippen LogP contribution in [0.4, 0.5) is 0 Å². The summed E-state index contributed by atoms with van der Waals surface area (Å²) >= 11 is 0. The standard InChI is InChI=1S/C18H16O4/c1-12(15-5-7-16(8-6-15)18(20)21)11-14-3-9-17(10-4-14)22-13(2)19/h3-11H,1-2H3,(H,20,21). The number of carboxylic acid groups (broad SMARTS) is 1. The number of esters is 1. The molecule has 1 N–H and O–H groups in total. The van der Waals surface area contributed by atoms with Crippen molar-refractivity contribution in [3.63, 3.8) is 0 Å². The minimum atomic E-state index is -0.936. The van der Waals surface area contributed by atoms with E-state index in [4.69, 9.17) is 9.84 Å². The lowest BCUT2D eigenvalue weighted by molar-refractivity contribution is -0.131. The zero-order valence-electron chi connectivity index (χ0n) is 12.4. The second kappa shape index (κ2) is 6.72. The van der Waals surface area contributed by atoms with Gasteiger partial charge in [-0.25, -0.2) is 4.79 Å². The molecule has 4 heteroatoms. The minimum absolute atomic E-state index is 0.266. The summed E-state index contributed by atoms with van der Waals surface area (Å²) in [5, 5.41) is 8.89. The number of carbonyl (C=O) groups is 2. The van der Waals surface area contributed by atoms with Crippen molar-refractivity contribution in [1.82, 2.24) is 0 Å². The van der Waals surface area contributed by atoms with Crippen LogP contribution in [0.15, 0.2) is 48.5 Å². The number of hydrogen-bond donors (Lipinski definition) is 1. The highest BCUT2D eigenvalue weighted by Crippen LogP contribution is 2.20. The van der Waals surface area contributed by atoms with Crippen molar-refractivity contribution in [2.45, 2.75) is 13.8 Å². The average Bonchev–Trinajstić information content (AvgIpc) is 2.49. The molecule has 0 amide bonds. The predicted molar refractivity (Wildman–Crippen MR) is 84.7 cm³/mol. The molecule has 0 bridgehead atoms. The van der Waals surface area contributed by atoms with Crippen LogP contribution in [0.25, 0.3) is 11.6 Å². The Morgan fingerprint density at radius 3 is 1.95 bits per heavy atom. The smallest absolute Gasteiger partial charge is 0.335 e. The molecule has 0 radical (unpaired) electrons. The van der Waals surface area contributed by atoms with Gasteiger partial charge in [0, 0.05) is 6.92 Å². The first-order valence-corrected chi connectivity index (χ1v) is 6.76. The zero-order valence-corrected chi connectivity index (χ0v) is 12.4. The van der Waals surface area contributed by atoms with Crippen molar-refractivity contribution in [1.29, 1.82) is 0 Å². The Labute approximate surface area is 128 Å². The van der Waals surface area contributed by atoms with Gasteiger partial charge in [-0.3, -0.25) is 4.79 Å². The highest BCUT2D eigenvalue weighted by molar-refractivity contribution is 5.88. The van der Waals surface area contributed by atoms with E-state index in [1.54, 1.807) is 36.4 Å². The summed E-state index contributed by atoms with van der Waals surface area (Å²) in [6, 6.07) is 13.9. The van der Waals surface area contributed by atoms with Crippen molar-refractivity contribution in [2.75, 3.05) is 0 Å². The number of hydrogen-bond acceptors (Lipinski definition) is 3. The van der Waals surface area contributed by atoms with Gasteiger partial charge in [-0.1, -0.05) is 30.3 Å². The third kappa shape index (κ3) is 4.06. The first kappa shape index (κ1) is 15.5. The van der Waals surface area contributed by atoms with E-state index in [9.17, 15) is 9.59 Å². The van der Waals surface area contributed by atoms with Gasteiger partial charge < -0.3 is 9.84 Å². The van der Waals surface area contributed by atoms with Crippen LogP contribution in [-0.2, 0) is 4.79 Å². The van der Waals surface area contributed by atoms with Gasteiger partial charge in [0.15, 0.2) is 0 Å². The van der Waals surface area contributed by atoms with Gasteiger partial charge in [-0.15, -0.1) is 0 Å². The Bertz CT molecular complexity index is 710. The van der Waals surface area contributed by atoms with Gasteiger partial charge in [0.2, 0.25) is 0 Å². The molecule has 0 spiro atoms. The first-order chi connectivity index (χ1) is 10.5. The molecule has 2 aromatic rings. The maximum atomic E-state index is 10.9. The maximum Gasteiger partial charge on any atom is 0.335 e. The third-order valence-corrected chi connectivity index (χ3v) is 3.11. The summed E-state index contributed by atoms with van der Waals surface area (Å²) in [6.07, 6.45) is 1.98. The summed E-state index contributed by atoms with van der Waals surface area (Å²) in [5.74, 6) is -0.777. The van der Waals surface area contributed by atoms with Gasteiger partial charge in [0.05, 0.1) is 5.56 Å². The SMILES string of the molecule is CC(=O)Oc1ccc(C=C(C)c2ccc(C(=O)O)cc2)cc1. The fourth-order valence-corrected chi connectivity index (χ4v) is 2.01. The first-order valence-electron chi connectivity index (χ1n) is 6.76. The number of allylic oxidation sites excluding steroid dienone is 1. The second-order valence-corrected chi connectivity index (χ2v) is 4.87. The van der Waals surface area contributed by atoms with Crippen LogP contribution in [0.1, 0.15) is 35.3 Å². The van der Waals surface area contributed by atoms with Crippen molar-refractivity contribution in [3.05, 3.63) is 65.2 Å². The van der Waals surface area contributed by atoms with Crippen molar-refractivity contribution < 1.29 is 19.4 Å². The van der Waals surface area contributed by atoms with Gasteiger partial charge in [0.25, 0.3) is 0 Å². The van der Waals surface area contributed by atoms with Crippen LogP contribution >= 0.6 is 0 Å². The Balaban J connectivity index is 2.17. The molecule has 0 atom stereocenters. The number of rotatable bonds is 4. The minimum Gasteiger partial charge on any atom is -0.478 e. The Hall–Kier alpha value is -2.88. The number of aromatic carboxylic acids is 1. The molecule has 0 saturated carbocycles. The van der Waals surface area contributed by atoms with Gasteiger partial charge in [-0.2, -0.15) is 0 Å². The molecule has 0 saturated heterocycles. The van der Waals surface area contributed by atoms with E-state index < -0.39 is 5.97 Å². The largest absolute Gasteiger partial charge is 0.478 e. The lowest BCUT2D eigenvalue weighted by atomic mass is 10.0. The van der Waals surface area contributed by atoms with E-state index in [1.165, 1.54) is 6.92 Å². The topological polar surface area (TPSA) is 63.6 Å². The average molecular weight is 296 g/mol. The van der Waals surface area contributed by atoms with E-state index in [1.807, 2.05) is 25.1 Å². The Kier molecular flexibility index (Phi) is 4.73. The number of carboxylic acids is 1. The summed E-state index contributed by atoms with van der Waals surface area (Å²) in [5.41, 5.74) is 3.20. The molecule has 2 rings (SSSR count). The molecule has 0 fully saturated rings. The van der Waals surface area contributed by atoms with Gasteiger partial charge in [-0.05, 0) is 47.9 Å². The summed E-state index contributed by atoms with van der Waals surface area (Å²) in [4.78, 5) is 21.7. The third-order valence-electron chi connectivity index (χ3n) is 3.11. The predicted octanol–water partition coefficient (Wildman–Crippen LogP) is 3.87. The van der Waals surface area contributed by atoms with Crippen LogP contribution in [0.5, 0.6) is 5.75 Å². The van der Waals surface area contributed by atoms with E-state index >= 15 is 0 Å². The monoisotopic (exact) mass is 296 g/mol. The lowest BCUT2D eigenvalue weighted by Crippen LogP contribution is -2.00. The number of benzene rings is 2. The molecule has 112 valence electrons. The number of carbonyl (C=O) groups excluding carboxylic acids is 1.